The molecule has 1 atom stereocenters. The zero-order chi connectivity index (χ0) is 20.2. The summed E-state index contributed by atoms with van der Waals surface area (Å²) in [7, 11) is 3.21. The van der Waals surface area contributed by atoms with Gasteiger partial charge in [-0.05, 0) is 30.5 Å². The summed E-state index contributed by atoms with van der Waals surface area (Å²) >= 11 is 0. The first-order valence-corrected chi connectivity index (χ1v) is 9.53. The van der Waals surface area contributed by atoms with Gasteiger partial charge in [0.2, 0.25) is 0 Å². The normalized spacial score (nSPS) is 16.7. The first-order chi connectivity index (χ1) is 14.2. The molecule has 3 heterocycles. The third-order valence-electron chi connectivity index (χ3n) is 5.19. The number of rotatable bonds is 6. The van der Waals surface area contributed by atoms with E-state index in [9.17, 15) is 10.1 Å². The molecule has 0 saturated carbocycles. The molecular weight excluding hydrogens is 369 g/mol. The third-order valence-corrected chi connectivity index (χ3v) is 5.19. The Morgan fingerprint density at radius 1 is 1.41 bits per heavy atom. The molecule has 0 aliphatic carbocycles. The lowest BCUT2D eigenvalue weighted by Gasteiger charge is -2.35. The number of anilines is 1. The van der Waals surface area contributed by atoms with Gasteiger partial charge in [0.25, 0.3) is 5.71 Å². The van der Waals surface area contributed by atoms with Crippen molar-refractivity contribution in [2.45, 2.75) is 25.4 Å². The Balaban J connectivity index is 1.73. The minimum absolute atomic E-state index is 0.248. The van der Waals surface area contributed by atoms with Crippen molar-refractivity contribution in [2.75, 3.05) is 25.1 Å². The van der Waals surface area contributed by atoms with Crippen LogP contribution < -0.4 is 15.9 Å². The molecule has 1 aliphatic heterocycles. The molecule has 1 aromatic carbocycles. The van der Waals surface area contributed by atoms with Crippen LogP contribution in [0.1, 0.15) is 24.0 Å². The Bertz CT molecular complexity index is 1100. The van der Waals surface area contributed by atoms with E-state index in [0.717, 1.165) is 37.2 Å². The first kappa shape index (κ1) is 19.2. The van der Waals surface area contributed by atoms with Crippen molar-refractivity contribution in [3.8, 4) is 6.07 Å². The predicted octanol–water partition coefficient (Wildman–Crippen LogP) is 1.65. The second kappa shape index (κ2) is 8.51. The second-order valence-corrected chi connectivity index (χ2v) is 7.01. The highest BCUT2D eigenvalue weighted by Crippen LogP contribution is 2.28. The number of piperidine rings is 1. The molecule has 0 spiro atoms. The Morgan fingerprint density at radius 3 is 3.10 bits per heavy atom. The lowest BCUT2D eigenvalue weighted by molar-refractivity contribution is 0.403. The fourth-order valence-corrected chi connectivity index (χ4v) is 3.82. The van der Waals surface area contributed by atoms with Gasteiger partial charge in [0.1, 0.15) is 5.52 Å². The van der Waals surface area contributed by atoms with Crippen molar-refractivity contribution < 1.29 is 9.07 Å². The van der Waals surface area contributed by atoms with Crippen LogP contribution in [0.4, 0.5) is 5.69 Å². The smallest absolute Gasteiger partial charge is 0.421 e. The van der Waals surface area contributed by atoms with E-state index in [1.54, 1.807) is 31.6 Å². The van der Waals surface area contributed by atoms with E-state index in [1.165, 1.54) is 0 Å². The predicted molar refractivity (Wildman–Crippen MR) is 110 cm³/mol. The van der Waals surface area contributed by atoms with Gasteiger partial charge >= 0.3 is 13.4 Å². The maximum Gasteiger partial charge on any atom is 0.421 e. The van der Waals surface area contributed by atoms with Crippen LogP contribution in [0.15, 0.2) is 45.7 Å². The van der Waals surface area contributed by atoms with Gasteiger partial charge in [-0.15, -0.1) is 0 Å². The monoisotopic (exact) mass is 390 g/mol. The summed E-state index contributed by atoms with van der Waals surface area (Å²) < 4.78 is 12.0. The molecule has 2 aromatic heterocycles. The molecule has 3 aromatic rings. The molecule has 0 bridgehead atoms. The Morgan fingerprint density at radius 2 is 2.28 bits per heavy atom. The van der Waals surface area contributed by atoms with Crippen molar-refractivity contribution >= 4 is 24.5 Å². The number of aromatic nitrogens is 2. The van der Waals surface area contributed by atoms with E-state index in [2.05, 4.69) is 21.2 Å². The Hall–Kier alpha value is -3.09. The highest BCUT2D eigenvalue weighted by molar-refractivity contribution is 6.23. The molecule has 1 fully saturated rings. The van der Waals surface area contributed by atoms with Crippen molar-refractivity contribution in [3.05, 3.63) is 58.2 Å². The van der Waals surface area contributed by atoms with Crippen LogP contribution in [0.5, 0.6) is 0 Å². The largest absolute Gasteiger partial charge is 0.427 e. The van der Waals surface area contributed by atoms with Crippen molar-refractivity contribution in [2.24, 2.45) is 0 Å². The Kier molecular flexibility index (Phi) is 5.65. The van der Waals surface area contributed by atoms with Crippen LogP contribution in [-0.4, -0.2) is 43.4 Å². The molecule has 0 unspecified atom stereocenters. The summed E-state index contributed by atoms with van der Waals surface area (Å²) in [6, 6.07) is 11.6. The standard InChI is InChI=1S/C20H21BN5O3/c1-28-21-24-16-7-4-10-25(13-16)17-8-9-23-19-18(17)26(20(27)29-19)12-15-6-3-2-5-14(15)11-22/h2-3,5-6,8-9,16,24H,4,7,10,12-13H2,1H3/t16-/m1/s1. The third kappa shape index (κ3) is 3.90. The zero-order valence-corrected chi connectivity index (χ0v) is 16.2. The molecule has 0 amide bonds. The van der Waals surface area contributed by atoms with E-state index in [4.69, 9.17) is 9.07 Å². The topological polar surface area (TPSA) is 96.3 Å². The van der Waals surface area contributed by atoms with E-state index in [-0.39, 0.29) is 12.6 Å². The van der Waals surface area contributed by atoms with Crippen LogP contribution in [0.25, 0.3) is 11.2 Å². The highest BCUT2D eigenvalue weighted by Gasteiger charge is 2.24. The number of hydrogen-bond donors (Lipinski definition) is 1. The number of benzene rings is 1. The zero-order valence-electron chi connectivity index (χ0n) is 16.2. The van der Waals surface area contributed by atoms with Crippen LogP contribution in [0.2, 0.25) is 0 Å². The summed E-state index contributed by atoms with van der Waals surface area (Å²) in [5.74, 6) is -0.480. The number of pyridine rings is 1. The number of hydrogen-bond acceptors (Lipinski definition) is 7. The minimum Gasteiger partial charge on any atom is -0.427 e. The lowest BCUT2D eigenvalue weighted by atomic mass is 10.0. The van der Waals surface area contributed by atoms with E-state index in [0.29, 0.717) is 16.8 Å². The van der Waals surface area contributed by atoms with Crippen LogP contribution in [0, 0.1) is 11.3 Å². The summed E-state index contributed by atoms with van der Waals surface area (Å²) in [4.78, 5) is 19.1. The van der Waals surface area contributed by atoms with Gasteiger partial charge in [0, 0.05) is 32.4 Å². The summed E-state index contributed by atoms with van der Waals surface area (Å²) in [5.41, 5.74) is 3.17. The molecule has 1 radical (unpaired) electrons. The van der Waals surface area contributed by atoms with Crippen LogP contribution in [-0.2, 0) is 11.2 Å². The molecule has 1 N–H and O–H groups in total. The van der Waals surface area contributed by atoms with Gasteiger partial charge in [-0.25, -0.2) is 9.78 Å². The van der Waals surface area contributed by atoms with Crippen LogP contribution >= 0.6 is 0 Å². The highest BCUT2D eigenvalue weighted by atomic mass is 16.4. The number of oxazole rings is 1. The fraction of sp³-hybridized carbons (Fsp3) is 0.350. The van der Waals surface area contributed by atoms with Crippen molar-refractivity contribution in [1.29, 1.82) is 5.26 Å². The maximum atomic E-state index is 12.6. The van der Waals surface area contributed by atoms with Gasteiger partial charge in [-0.3, -0.25) is 4.57 Å². The molecular formula is C20H21BN5O3. The first-order valence-electron chi connectivity index (χ1n) is 9.53. The fourth-order valence-electron chi connectivity index (χ4n) is 3.82. The average Bonchev–Trinajstić information content (AvgIpc) is 3.08. The maximum absolute atomic E-state index is 12.6. The SMILES string of the molecule is CO[B]N[C@@H]1CCCN(c2ccnc3oc(=O)n(Cc4ccccc4C#N)c23)C1. The quantitative estimate of drug-likeness (QED) is 0.640. The average molecular weight is 390 g/mol. The summed E-state index contributed by atoms with van der Waals surface area (Å²) in [5, 5.41) is 12.6. The molecule has 9 heteroatoms. The van der Waals surface area contributed by atoms with Crippen molar-refractivity contribution in [1.82, 2.24) is 14.8 Å². The van der Waals surface area contributed by atoms with Gasteiger partial charge in [0.15, 0.2) is 0 Å². The van der Waals surface area contributed by atoms with E-state index < -0.39 is 5.76 Å². The van der Waals surface area contributed by atoms with Gasteiger partial charge in [-0.1, -0.05) is 18.2 Å². The van der Waals surface area contributed by atoms with Gasteiger partial charge in [0.05, 0.1) is 23.9 Å². The molecule has 4 rings (SSSR count). The number of nitrogens with zero attached hydrogens (tertiary/aromatic N) is 4. The molecule has 1 aliphatic rings. The number of nitrogens with one attached hydrogen (secondary N) is 1. The van der Waals surface area contributed by atoms with Crippen LogP contribution in [0.3, 0.4) is 0 Å². The lowest BCUT2D eigenvalue weighted by Crippen LogP contribution is -2.47. The minimum atomic E-state index is -0.480. The van der Waals surface area contributed by atoms with Gasteiger partial charge in [-0.2, -0.15) is 5.26 Å². The summed E-state index contributed by atoms with van der Waals surface area (Å²) in [6.07, 6.45) is 3.71. The Labute approximate surface area is 169 Å². The van der Waals surface area contributed by atoms with E-state index >= 15 is 0 Å². The number of fused-ring (bicyclic) bond motifs is 1. The molecule has 147 valence electrons. The molecule has 1 saturated heterocycles. The van der Waals surface area contributed by atoms with E-state index in [1.807, 2.05) is 24.3 Å². The molecule has 8 nitrogen and oxygen atoms in total. The van der Waals surface area contributed by atoms with Crippen molar-refractivity contribution in [3.63, 3.8) is 0 Å². The second-order valence-electron chi connectivity index (χ2n) is 7.01. The molecule has 29 heavy (non-hydrogen) atoms. The number of nitriles is 1. The van der Waals surface area contributed by atoms with Gasteiger partial charge < -0.3 is 19.2 Å². The summed E-state index contributed by atoms with van der Waals surface area (Å²) in [6.45, 7) is 1.90.